The van der Waals surface area contributed by atoms with Crippen LogP contribution in [0.15, 0.2) is 42.7 Å². The summed E-state index contributed by atoms with van der Waals surface area (Å²) in [4.78, 5) is 19.3. The second-order valence-electron chi connectivity index (χ2n) is 6.85. The Kier molecular flexibility index (Phi) is 5.02. The van der Waals surface area contributed by atoms with Crippen molar-refractivity contribution in [1.82, 2.24) is 29.4 Å². The quantitative estimate of drug-likeness (QED) is 0.468. The number of rotatable bonds is 6. The molecule has 10 nitrogen and oxygen atoms in total. The molecule has 0 spiro atoms. The smallest absolute Gasteiger partial charge is 0.342 e. The Bertz CT molecular complexity index is 944. The minimum atomic E-state index is -0.446. The van der Waals surface area contributed by atoms with Gasteiger partial charge in [0.05, 0.1) is 18.9 Å². The highest BCUT2D eigenvalue weighted by molar-refractivity contribution is 5.46. The summed E-state index contributed by atoms with van der Waals surface area (Å²) in [5.74, 6) is 0.534. The van der Waals surface area contributed by atoms with Crippen molar-refractivity contribution in [3.63, 3.8) is 0 Å². The van der Waals surface area contributed by atoms with E-state index in [9.17, 15) is 10.1 Å². The molecule has 146 valence electrons. The van der Waals surface area contributed by atoms with Gasteiger partial charge >= 0.3 is 5.82 Å². The lowest BCUT2D eigenvalue weighted by atomic mass is 10.2. The van der Waals surface area contributed by atoms with Crippen LogP contribution in [-0.4, -0.2) is 60.5 Å². The number of nitrogens with zero attached hydrogens (tertiary/aromatic N) is 8. The van der Waals surface area contributed by atoms with Crippen LogP contribution in [0.3, 0.4) is 0 Å². The summed E-state index contributed by atoms with van der Waals surface area (Å²) in [5, 5.41) is 19.3. The van der Waals surface area contributed by atoms with Gasteiger partial charge in [-0.25, -0.2) is 14.2 Å². The van der Waals surface area contributed by atoms with Crippen LogP contribution in [0, 0.1) is 10.1 Å². The van der Waals surface area contributed by atoms with Gasteiger partial charge in [0.15, 0.2) is 0 Å². The summed E-state index contributed by atoms with van der Waals surface area (Å²) >= 11 is 0. The first-order valence-corrected chi connectivity index (χ1v) is 9.16. The van der Waals surface area contributed by atoms with E-state index in [1.54, 1.807) is 11.7 Å². The first-order chi connectivity index (χ1) is 13.6. The fourth-order valence-corrected chi connectivity index (χ4v) is 3.42. The number of hydrogen-bond acceptors (Lipinski definition) is 7. The highest BCUT2D eigenvalue weighted by Gasteiger charge is 2.20. The Morgan fingerprint density at radius 1 is 1.11 bits per heavy atom. The van der Waals surface area contributed by atoms with Crippen molar-refractivity contribution < 1.29 is 4.92 Å². The summed E-state index contributed by atoms with van der Waals surface area (Å²) < 4.78 is 3.13. The van der Waals surface area contributed by atoms with Crippen LogP contribution in [0.25, 0.3) is 0 Å². The molecule has 0 N–H and O–H groups in total. The monoisotopic (exact) mass is 382 g/mol. The predicted molar refractivity (Wildman–Crippen MR) is 103 cm³/mol. The largest absolute Gasteiger partial charge is 0.369 e. The maximum atomic E-state index is 10.9. The minimum Gasteiger partial charge on any atom is -0.369 e. The highest BCUT2D eigenvalue weighted by atomic mass is 16.6. The van der Waals surface area contributed by atoms with Crippen molar-refractivity contribution in [2.75, 3.05) is 31.1 Å². The molecule has 28 heavy (non-hydrogen) atoms. The number of imidazole rings is 1. The molecule has 1 aliphatic rings. The lowest BCUT2D eigenvalue weighted by Gasteiger charge is -2.35. The predicted octanol–water partition coefficient (Wildman–Crippen LogP) is 1.29. The number of benzene rings is 1. The molecule has 0 amide bonds. The standard InChI is InChI=1S/C18H22N8O2/c1-22-17(19-11-18(22)26(27)28)14-25-13-15(20-21-25)12-23-7-9-24(10-8-23)16-5-3-2-4-6-16/h2-6,11,13H,7-10,12,14H2,1H3. The summed E-state index contributed by atoms with van der Waals surface area (Å²) in [7, 11) is 1.63. The van der Waals surface area contributed by atoms with Gasteiger partial charge in [-0.2, -0.15) is 0 Å². The van der Waals surface area contributed by atoms with Crippen LogP contribution in [0.1, 0.15) is 11.5 Å². The average Bonchev–Trinajstić information content (AvgIpc) is 3.30. The second-order valence-corrected chi connectivity index (χ2v) is 6.85. The summed E-state index contributed by atoms with van der Waals surface area (Å²) in [6.07, 6.45) is 3.14. The molecule has 0 atom stereocenters. The van der Waals surface area contributed by atoms with Crippen molar-refractivity contribution in [3.8, 4) is 0 Å². The van der Waals surface area contributed by atoms with Gasteiger partial charge in [0.25, 0.3) is 0 Å². The summed E-state index contributed by atoms with van der Waals surface area (Å²) in [5.41, 5.74) is 2.15. The van der Waals surface area contributed by atoms with Crippen LogP contribution in [0.2, 0.25) is 0 Å². The third kappa shape index (κ3) is 3.86. The van der Waals surface area contributed by atoms with Crippen molar-refractivity contribution in [1.29, 1.82) is 0 Å². The van der Waals surface area contributed by atoms with Gasteiger partial charge in [-0.15, -0.1) is 5.10 Å². The minimum absolute atomic E-state index is 0.0355. The molecule has 4 rings (SSSR count). The Balaban J connectivity index is 1.32. The number of aromatic nitrogens is 5. The van der Waals surface area contributed by atoms with E-state index in [2.05, 4.69) is 49.4 Å². The van der Waals surface area contributed by atoms with E-state index in [4.69, 9.17) is 0 Å². The van der Waals surface area contributed by atoms with Crippen molar-refractivity contribution in [3.05, 3.63) is 64.4 Å². The fraction of sp³-hybridized carbons (Fsp3) is 0.389. The zero-order valence-corrected chi connectivity index (χ0v) is 15.7. The molecule has 2 aromatic heterocycles. The van der Waals surface area contributed by atoms with Gasteiger partial charge in [-0.3, -0.25) is 4.90 Å². The molecule has 0 aliphatic carbocycles. The topological polar surface area (TPSA) is 98.1 Å². The second kappa shape index (κ2) is 7.77. The zero-order valence-electron chi connectivity index (χ0n) is 15.7. The third-order valence-electron chi connectivity index (χ3n) is 5.02. The molecule has 1 fully saturated rings. The molecule has 1 saturated heterocycles. The zero-order chi connectivity index (χ0) is 19.5. The van der Waals surface area contributed by atoms with Gasteiger partial charge in [-0.05, 0) is 17.1 Å². The van der Waals surface area contributed by atoms with Gasteiger partial charge in [0, 0.05) is 38.4 Å². The SMILES string of the molecule is Cn1c([N+](=O)[O-])cnc1Cn1cc(CN2CCN(c3ccccc3)CC2)nn1. The Labute approximate surface area is 162 Å². The fourth-order valence-electron chi connectivity index (χ4n) is 3.42. The number of piperazine rings is 1. The molecule has 0 unspecified atom stereocenters. The Morgan fingerprint density at radius 2 is 1.86 bits per heavy atom. The van der Waals surface area contributed by atoms with Gasteiger partial charge in [0.1, 0.15) is 12.7 Å². The molecular weight excluding hydrogens is 360 g/mol. The molecule has 0 radical (unpaired) electrons. The summed E-state index contributed by atoms with van der Waals surface area (Å²) in [6.45, 7) is 4.98. The van der Waals surface area contributed by atoms with Crippen LogP contribution < -0.4 is 4.90 Å². The van der Waals surface area contributed by atoms with Crippen LogP contribution >= 0.6 is 0 Å². The highest BCUT2D eigenvalue weighted by Crippen LogP contribution is 2.16. The lowest BCUT2D eigenvalue weighted by molar-refractivity contribution is -0.391. The maximum Gasteiger partial charge on any atom is 0.342 e. The van der Waals surface area contributed by atoms with E-state index in [0.717, 1.165) is 38.4 Å². The number of anilines is 1. The number of hydrogen-bond donors (Lipinski definition) is 0. The van der Waals surface area contributed by atoms with Crippen molar-refractivity contribution in [2.24, 2.45) is 7.05 Å². The first kappa shape index (κ1) is 18.1. The van der Waals surface area contributed by atoms with Gasteiger partial charge in [-0.1, -0.05) is 23.4 Å². The van der Waals surface area contributed by atoms with Gasteiger partial charge < -0.3 is 15.0 Å². The van der Waals surface area contributed by atoms with E-state index >= 15 is 0 Å². The van der Waals surface area contributed by atoms with Crippen molar-refractivity contribution >= 4 is 11.5 Å². The van der Waals surface area contributed by atoms with Crippen molar-refractivity contribution in [2.45, 2.75) is 13.1 Å². The van der Waals surface area contributed by atoms with Crippen LogP contribution in [-0.2, 0) is 20.1 Å². The molecule has 0 bridgehead atoms. The molecule has 1 aromatic carbocycles. The Morgan fingerprint density at radius 3 is 2.54 bits per heavy atom. The normalized spacial score (nSPS) is 15.1. The van der Waals surface area contributed by atoms with E-state index in [1.165, 1.54) is 16.5 Å². The van der Waals surface area contributed by atoms with Crippen LogP contribution in [0.5, 0.6) is 0 Å². The molecule has 3 heterocycles. The lowest BCUT2D eigenvalue weighted by Crippen LogP contribution is -2.46. The third-order valence-corrected chi connectivity index (χ3v) is 5.02. The molecule has 10 heteroatoms. The van der Waals surface area contributed by atoms with E-state index in [0.29, 0.717) is 12.4 Å². The summed E-state index contributed by atoms with van der Waals surface area (Å²) in [6, 6.07) is 10.4. The maximum absolute atomic E-state index is 10.9. The molecule has 0 saturated carbocycles. The molecule has 3 aromatic rings. The Hall–Kier alpha value is -3.27. The average molecular weight is 382 g/mol. The van der Waals surface area contributed by atoms with E-state index in [-0.39, 0.29) is 5.82 Å². The number of nitro groups is 1. The van der Waals surface area contributed by atoms with Crippen LogP contribution in [0.4, 0.5) is 11.5 Å². The van der Waals surface area contributed by atoms with E-state index < -0.39 is 4.92 Å². The van der Waals surface area contributed by atoms with Gasteiger partial charge in [0.2, 0.25) is 5.82 Å². The number of para-hydroxylation sites is 1. The first-order valence-electron chi connectivity index (χ1n) is 9.16. The molecule has 1 aliphatic heterocycles. The van der Waals surface area contributed by atoms with E-state index in [1.807, 2.05) is 12.3 Å². The molecular formula is C18H22N8O2.